The number of hydrogen-bond donors (Lipinski definition) is 0. The van der Waals surface area contributed by atoms with E-state index < -0.39 is 0 Å². The fourth-order valence-electron chi connectivity index (χ4n) is 7.07. The van der Waals surface area contributed by atoms with Crippen LogP contribution in [0.25, 0.3) is 38.6 Å². The van der Waals surface area contributed by atoms with E-state index in [9.17, 15) is 0 Å². The van der Waals surface area contributed by atoms with Gasteiger partial charge in [0.1, 0.15) is 0 Å². The Labute approximate surface area is 284 Å². The Morgan fingerprint density at radius 2 is 0.917 bits per heavy atom. The van der Waals surface area contributed by atoms with Gasteiger partial charge in [-0.3, -0.25) is 0 Å². The molecule has 1 heteroatoms. The molecule has 0 bridgehead atoms. The van der Waals surface area contributed by atoms with Gasteiger partial charge in [0.15, 0.2) is 0 Å². The zero-order valence-corrected chi connectivity index (χ0v) is 28.2. The SMILES string of the molecule is Cc1ccc(-n2c3ccccc3c3cc4c(cc32)C(C)(c2ccccc2)c2ccccc2-4)cc1.Cc1ccccc1.Cc1ccccc1. The van der Waals surface area contributed by atoms with Crippen molar-refractivity contribution in [3.05, 3.63) is 209 Å². The highest BCUT2D eigenvalue weighted by Crippen LogP contribution is 2.54. The molecule has 0 radical (unpaired) electrons. The molecular formula is C47H41N. The van der Waals surface area contributed by atoms with E-state index in [1.54, 1.807) is 0 Å². The van der Waals surface area contributed by atoms with E-state index in [0.717, 1.165) is 0 Å². The maximum Gasteiger partial charge on any atom is 0.0544 e. The van der Waals surface area contributed by atoms with Gasteiger partial charge in [0.25, 0.3) is 0 Å². The summed E-state index contributed by atoms with van der Waals surface area (Å²) in [6.07, 6.45) is 0. The van der Waals surface area contributed by atoms with Crippen LogP contribution in [-0.4, -0.2) is 4.57 Å². The van der Waals surface area contributed by atoms with Crippen LogP contribution in [0.2, 0.25) is 0 Å². The van der Waals surface area contributed by atoms with Crippen molar-refractivity contribution >= 4 is 21.8 Å². The summed E-state index contributed by atoms with van der Waals surface area (Å²) in [5.74, 6) is 0. The fourth-order valence-corrected chi connectivity index (χ4v) is 7.07. The average molecular weight is 620 g/mol. The lowest BCUT2D eigenvalue weighted by Gasteiger charge is -2.28. The maximum absolute atomic E-state index is 2.46. The summed E-state index contributed by atoms with van der Waals surface area (Å²) < 4.78 is 2.43. The van der Waals surface area contributed by atoms with Crippen LogP contribution in [0.3, 0.4) is 0 Å². The molecule has 0 fully saturated rings. The second-order valence-corrected chi connectivity index (χ2v) is 12.9. The number of aryl methyl sites for hydroxylation is 3. The van der Waals surface area contributed by atoms with Crippen LogP contribution in [0.5, 0.6) is 0 Å². The summed E-state index contributed by atoms with van der Waals surface area (Å²) in [5, 5.41) is 2.61. The number of rotatable bonds is 2. The minimum absolute atomic E-state index is 0.198. The van der Waals surface area contributed by atoms with Crippen LogP contribution in [0.15, 0.2) is 176 Å². The zero-order chi connectivity index (χ0) is 33.1. The van der Waals surface area contributed by atoms with Crippen molar-refractivity contribution in [2.45, 2.75) is 33.1 Å². The number of nitrogens with zero attached hydrogens (tertiary/aromatic N) is 1. The second kappa shape index (κ2) is 13.2. The summed E-state index contributed by atoms with van der Waals surface area (Å²) >= 11 is 0. The van der Waals surface area contributed by atoms with E-state index in [1.165, 1.54) is 72.0 Å². The minimum Gasteiger partial charge on any atom is -0.309 e. The van der Waals surface area contributed by atoms with Crippen molar-refractivity contribution in [3.8, 4) is 16.8 Å². The van der Waals surface area contributed by atoms with Gasteiger partial charge in [0.2, 0.25) is 0 Å². The van der Waals surface area contributed by atoms with Gasteiger partial charge in [0.05, 0.1) is 11.0 Å². The van der Waals surface area contributed by atoms with Crippen molar-refractivity contribution in [2.75, 3.05) is 0 Å². The topological polar surface area (TPSA) is 4.93 Å². The third-order valence-electron chi connectivity index (χ3n) is 9.63. The maximum atomic E-state index is 2.46. The van der Waals surface area contributed by atoms with Crippen molar-refractivity contribution in [1.29, 1.82) is 0 Å². The molecule has 0 aliphatic heterocycles. The summed E-state index contributed by atoms with van der Waals surface area (Å²) in [5.41, 5.74) is 14.2. The number of aromatic nitrogens is 1. The van der Waals surface area contributed by atoms with Gasteiger partial charge < -0.3 is 4.57 Å². The van der Waals surface area contributed by atoms with Gasteiger partial charge in [0, 0.05) is 21.9 Å². The summed E-state index contributed by atoms with van der Waals surface area (Å²) in [4.78, 5) is 0. The third-order valence-corrected chi connectivity index (χ3v) is 9.63. The normalized spacial score (nSPS) is 14.3. The molecule has 1 aliphatic carbocycles. The van der Waals surface area contributed by atoms with E-state index in [4.69, 9.17) is 0 Å². The van der Waals surface area contributed by atoms with Crippen LogP contribution in [0.1, 0.15) is 40.3 Å². The van der Waals surface area contributed by atoms with Gasteiger partial charge in [-0.15, -0.1) is 0 Å². The molecule has 1 aromatic heterocycles. The Hall–Kier alpha value is -5.66. The molecule has 1 unspecified atom stereocenters. The Morgan fingerprint density at radius 1 is 0.396 bits per heavy atom. The molecule has 1 atom stereocenters. The molecule has 7 aromatic carbocycles. The molecule has 0 N–H and O–H groups in total. The molecule has 48 heavy (non-hydrogen) atoms. The minimum atomic E-state index is -0.198. The first-order valence-corrected chi connectivity index (χ1v) is 16.8. The lowest BCUT2D eigenvalue weighted by molar-refractivity contribution is 0.714. The highest BCUT2D eigenvalue weighted by molar-refractivity contribution is 6.11. The van der Waals surface area contributed by atoms with Gasteiger partial charge >= 0.3 is 0 Å². The summed E-state index contributed by atoms with van der Waals surface area (Å²) in [7, 11) is 0. The molecule has 9 rings (SSSR count). The summed E-state index contributed by atoms with van der Waals surface area (Å²) in [6.45, 7) is 8.70. The van der Waals surface area contributed by atoms with Crippen LogP contribution < -0.4 is 0 Å². The number of fused-ring (bicyclic) bond motifs is 6. The highest BCUT2D eigenvalue weighted by atomic mass is 15.0. The Bertz CT molecular complexity index is 2260. The van der Waals surface area contributed by atoms with Gasteiger partial charge in [-0.2, -0.15) is 0 Å². The van der Waals surface area contributed by atoms with E-state index in [0.29, 0.717) is 0 Å². The molecule has 8 aromatic rings. The monoisotopic (exact) mass is 619 g/mol. The molecular weight excluding hydrogens is 579 g/mol. The molecule has 0 saturated carbocycles. The Balaban J connectivity index is 0.000000216. The Kier molecular flexibility index (Phi) is 8.53. The van der Waals surface area contributed by atoms with Gasteiger partial charge in [-0.25, -0.2) is 0 Å². The molecule has 234 valence electrons. The van der Waals surface area contributed by atoms with Crippen molar-refractivity contribution < 1.29 is 0 Å². The van der Waals surface area contributed by atoms with Crippen LogP contribution in [0.4, 0.5) is 0 Å². The first-order chi connectivity index (χ1) is 23.4. The number of para-hydroxylation sites is 1. The fraction of sp³-hybridized carbons (Fsp3) is 0.106. The van der Waals surface area contributed by atoms with E-state index in [2.05, 4.69) is 172 Å². The van der Waals surface area contributed by atoms with Crippen molar-refractivity contribution in [2.24, 2.45) is 0 Å². The van der Waals surface area contributed by atoms with E-state index in [1.807, 2.05) is 36.4 Å². The van der Waals surface area contributed by atoms with Gasteiger partial charge in [-0.05, 0) is 85.8 Å². The van der Waals surface area contributed by atoms with Crippen LogP contribution in [-0.2, 0) is 5.41 Å². The molecule has 0 amide bonds. The first kappa shape index (κ1) is 31.0. The van der Waals surface area contributed by atoms with Gasteiger partial charge in [-0.1, -0.05) is 162 Å². The van der Waals surface area contributed by atoms with Crippen LogP contribution in [0, 0.1) is 20.8 Å². The predicted molar refractivity (Wildman–Crippen MR) is 205 cm³/mol. The van der Waals surface area contributed by atoms with Crippen molar-refractivity contribution in [3.63, 3.8) is 0 Å². The number of hydrogen-bond acceptors (Lipinski definition) is 0. The summed E-state index contributed by atoms with van der Waals surface area (Å²) in [6, 6.07) is 63.0. The zero-order valence-electron chi connectivity index (χ0n) is 28.2. The number of benzene rings is 7. The van der Waals surface area contributed by atoms with E-state index >= 15 is 0 Å². The smallest absolute Gasteiger partial charge is 0.0544 e. The average Bonchev–Trinajstić information content (AvgIpc) is 3.59. The molecule has 1 nitrogen and oxygen atoms in total. The second-order valence-electron chi connectivity index (χ2n) is 12.9. The molecule has 0 saturated heterocycles. The lowest BCUT2D eigenvalue weighted by Crippen LogP contribution is -2.22. The lowest BCUT2D eigenvalue weighted by atomic mass is 9.74. The molecule has 0 spiro atoms. The van der Waals surface area contributed by atoms with Crippen molar-refractivity contribution in [1.82, 2.24) is 4.57 Å². The predicted octanol–water partition coefficient (Wildman–Crippen LogP) is 12.4. The third kappa shape index (κ3) is 5.73. The standard InChI is InChI=1S/C33H25N.2C7H8/c1-22-16-18-24(19-17-22)34-31-15-9-7-13-26(31)28-20-27-25-12-6-8-14-29(25)33(2,30(27)21-32(28)34)23-10-4-3-5-11-23;2*1-7-5-3-2-4-6-7/h3-21H,1-2H3;2*2-6H,1H3. The van der Waals surface area contributed by atoms with E-state index in [-0.39, 0.29) is 5.41 Å². The molecule has 1 aliphatic rings. The molecule has 1 heterocycles. The largest absolute Gasteiger partial charge is 0.309 e. The quantitative estimate of drug-likeness (QED) is 0.181. The Morgan fingerprint density at radius 3 is 1.52 bits per heavy atom. The highest BCUT2D eigenvalue weighted by Gasteiger charge is 2.41. The van der Waals surface area contributed by atoms with Crippen LogP contribution >= 0.6 is 0 Å². The first-order valence-electron chi connectivity index (χ1n) is 16.8.